The maximum Gasteiger partial charge on any atom is 0.243 e. The Kier molecular flexibility index (Phi) is 6.32. The highest BCUT2D eigenvalue weighted by Crippen LogP contribution is 2.15. The first-order valence-electron chi connectivity index (χ1n) is 7.99. The first-order chi connectivity index (χ1) is 11.5. The van der Waals surface area contributed by atoms with Crippen molar-refractivity contribution in [1.29, 1.82) is 0 Å². The quantitative estimate of drug-likeness (QED) is 0.724. The highest BCUT2D eigenvalue weighted by molar-refractivity contribution is 7.80. The van der Waals surface area contributed by atoms with Crippen molar-refractivity contribution < 1.29 is 4.79 Å². The molecule has 5 heteroatoms. The molecule has 0 aliphatic heterocycles. The predicted octanol–water partition coefficient (Wildman–Crippen LogP) is 3.79. The zero-order chi connectivity index (χ0) is 17.5. The first kappa shape index (κ1) is 17.9. The minimum Gasteiger partial charge on any atom is -0.353 e. The molecule has 0 spiro atoms. The van der Waals surface area contributed by atoms with Gasteiger partial charge in [-0.2, -0.15) is 0 Å². The molecule has 0 aromatic heterocycles. The van der Waals surface area contributed by atoms with E-state index < -0.39 is 0 Å². The lowest BCUT2D eigenvalue weighted by Crippen LogP contribution is -2.35. The van der Waals surface area contributed by atoms with Crippen molar-refractivity contribution in [3.8, 4) is 0 Å². The summed E-state index contributed by atoms with van der Waals surface area (Å²) in [6.45, 7) is 6.25. The summed E-state index contributed by atoms with van der Waals surface area (Å²) in [6, 6.07) is 13.9. The first-order valence-corrected chi connectivity index (χ1v) is 8.39. The van der Waals surface area contributed by atoms with Crippen molar-refractivity contribution in [2.24, 2.45) is 0 Å². The molecule has 3 N–H and O–H groups in total. The van der Waals surface area contributed by atoms with E-state index in [-0.39, 0.29) is 12.5 Å². The van der Waals surface area contributed by atoms with E-state index >= 15 is 0 Å². The molecule has 0 unspecified atom stereocenters. The second-order valence-electron chi connectivity index (χ2n) is 5.74. The number of para-hydroxylation sites is 1. The van der Waals surface area contributed by atoms with Crippen LogP contribution in [0.1, 0.15) is 23.6 Å². The van der Waals surface area contributed by atoms with Crippen LogP contribution in [-0.4, -0.2) is 17.6 Å². The van der Waals surface area contributed by atoms with Crippen LogP contribution in [0.5, 0.6) is 0 Å². The summed E-state index contributed by atoms with van der Waals surface area (Å²) in [7, 11) is 0. The largest absolute Gasteiger partial charge is 0.353 e. The minimum atomic E-state index is -0.125. The van der Waals surface area contributed by atoms with Crippen LogP contribution in [0, 0.1) is 13.8 Å². The molecule has 2 aromatic carbocycles. The van der Waals surface area contributed by atoms with Crippen LogP contribution in [0.2, 0.25) is 0 Å². The van der Waals surface area contributed by atoms with Gasteiger partial charge in [-0.1, -0.05) is 31.2 Å². The van der Waals surface area contributed by atoms with Gasteiger partial charge in [0.05, 0.1) is 6.54 Å². The van der Waals surface area contributed by atoms with Gasteiger partial charge in [-0.05, 0) is 67.4 Å². The molecule has 0 heterocycles. The highest BCUT2D eigenvalue weighted by Gasteiger charge is 2.06. The third kappa shape index (κ3) is 5.35. The van der Waals surface area contributed by atoms with Gasteiger partial charge in [0.25, 0.3) is 0 Å². The lowest BCUT2D eigenvalue weighted by Gasteiger charge is -2.13. The summed E-state index contributed by atoms with van der Waals surface area (Å²) in [5.74, 6) is -0.125. The topological polar surface area (TPSA) is 53.2 Å². The third-order valence-electron chi connectivity index (χ3n) is 3.56. The molecule has 0 fully saturated rings. The number of thiocarbonyl (C=S) groups is 1. The molecule has 2 aromatic rings. The molecule has 2 rings (SSSR count). The minimum absolute atomic E-state index is 0.120. The Morgan fingerprint density at radius 1 is 1.04 bits per heavy atom. The molecule has 0 saturated heterocycles. The number of carbonyl (C=O) groups excluding carboxylic acids is 1. The average molecular weight is 341 g/mol. The van der Waals surface area contributed by atoms with Crippen LogP contribution in [0.15, 0.2) is 42.5 Å². The van der Waals surface area contributed by atoms with E-state index in [2.05, 4.69) is 28.9 Å². The van der Waals surface area contributed by atoms with Crippen LogP contribution < -0.4 is 16.0 Å². The van der Waals surface area contributed by atoms with E-state index in [9.17, 15) is 4.79 Å². The van der Waals surface area contributed by atoms with Crippen molar-refractivity contribution in [3.05, 3.63) is 59.2 Å². The Hall–Kier alpha value is -2.40. The lowest BCUT2D eigenvalue weighted by atomic mass is 10.1. The van der Waals surface area contributed by atoms with E-state index in [1.54, 1.807) is 0 Å². The van der Waals surface area contributed by atoms with Gasteiger partial charge < -0.3 is 16.0 Å². The molecule has 0 atom stereocenters. The van der Waals surface area contributed by atoms with Gasteiger partial charge in [0.2, 0.25) is 5.91 Å². The average Bonchev–Trinajstić information content (AvgIpc) is 2.52. The number of anilines is 2. The third-order valence-corrected chi connectivity index (χ3v) is 3.81. The van der Waals surface area contributed by atoms with Crippen molar-refractivity contribution in [1.82, 2.24) is 5.32 Å². The zero-order valence-electron chi connectivity index (χ0n) is 14.3. The summed E-state index contributed by atoms with van der Waals surface area (Å²) < 4.78 is 0. The number of rotatable bonds is 5. The van der Waals surface area contributed by atoms with Gasteiger partial charge in [-0.15, -0.1) is 0 Å². The number of nitrogens with one attached hydrogen (secondary N) is 3. The lowest BCUT2D eigenvalue weighted by molar-refractivity contribution is -0.115. The fraction of sp³-hybridized carbons (Fsp3) is 0.263. The van der Waals surface area contributed by atoms with Crippen LogP contribution in [0.3, 0.4) is 0 Å². The summed E-state index contributed by atoms with van der Waals surface area (Å²) in [5.41, 5.74) is 5.20. The Balaban J connectivity index is 1.86. The standard InChI is InChI=1S/C19H23N3OS/c1-4-15-7-5-6-8-17(15)22-18(23)12-20-19(24)21-16-10-13(2)9-14(3)11-16/h5-11H,4,12H2,1-3H3,(H,22,23)(H2,20,21,24). The van der Waals surface area contributed by atoms with E-state index in [1.165, 1.54) is 0 Å². The van der Waals surface area contributed by atoms with Crippen LogP contribution in [-0.2, 0) is 11.2 Å². The molecule has 0 aliphatic rings. The van der Waals surface area contributed by atoms with Gasteiger partial charge in [-0.3, -0.25) is 4.79 Å². The molecule has 0 saturated carbocycles. The molecular weight excluding hydrogens is 318 g/mol. The van der Waals surface area contributed by atoms with Crippen LogP contribution in [0.25, 0.3) is 0 Å². The molecule has 0 bridgehead atoms. The molecule has 1 amide bonds. The van der Waals surface area contributed by atoms with Gasteiger partial charge in [0.1, 0.15) is 0 Å². The summed E-state index contributed by atoms with van der Waals surface area (Å²) in [6.07, 6.45) is 0.872. The van der Waals surface area contributed by atoms with E-state index in [0.29, 0.717) is 5.11 Å². The molecule has 126 valence electrons. The predicted molar refractivity (Wildman–Crippen MR) is 105 cm³/mol. The van der Waals surface area contributed by atoms with Gasteiger partial charge in [0.15, 0.2) is 5.11 Å². The maximum absolute atomic E-state index is 12.1. The molecule has 0 aliphatic carbocycles. The fourth-order valence-corrected chi connectivity index (χ4v) is 2.72. The number of benzene rings is 2. The Labute approximate surface area is 148 Å². The smallest absolute Gasteiger partial charge is 0.243 e. The number of carbonyl (C=O) groups is 1. The molecule has 0 radical (unpaired) electrons. The van der Waals surface area contributed by atoms with Gasteiger partial charge in [0, 0.05) is 11.4 Å². The Morgan fingerprint density at radius 3 is 2.38 bits per heavy atom. The Bertz CT molecular complexity index is 723. The normalized spacial score (nSPS) is 10.1. The van der Waals surface area contributed by atoms with Crippen LogP contribution >= 0.6 is 12.2 Å². The molecule has 24 heavy (non-hydrogen) atoms. The Morgan fingerprint density at radius 2 is 1.71 bits per heavy atom. The molecule has 4 nitrogen and oxygen atoms in total. The summed E-state index contributed by atoms with van der Waals surface area (Å²) >= 11 is 5.25. The monoisotopic (exact) mass is 341 g/mol. The van der Waals surface area contributed by atoms with Crippen molar-refractivity contribution in [2.45, 2.75) is 27.2 Å². The second kappa shape index (κ2) is 8.45. The number of amides is 1. The summed E-state index contributed by atoms with van der Waals surface area (Å²) in [4.78, 5) is 12.1. The fourth-order valence-electron chi connectivity index (χ4n) is 2.53. The highest BCUT2D eigenvalue weighted by atomic mass is 32.1. The van der Waals surface area contributed by atoms with Crippen LogP contribution in [0.4, 0.5) is 11.4 Å². The van der Waals surface area contributed by atoms with Crippen molar-refractivity contribution >= 4 is 34.6 Å². The number of hydrogen-bond donors (Lipinski definition) is 3. The van der Waals surface area contributed by atoms with Crippen molar-refractivity contribution in [2.75, 3.05) is 17.2 Å². The number of hydrogen-bond acceptors (Lipinski definition) is 2. The van der Waals surface area contributed by atoms with E-state index in [4.69, 9.17) is 12.2 Å². The van der Waals surface area contributed by atoms with Gasteiger partial charge in [-0.25, -0.2) is 0 Å². The van der Waals surface area contributed by atoms with Gasteiger partial charge >= 0.3 is 0 Å². The summed E-state index contributed by atoms with van der Waals surface area (Å²) in [5, 5.41) is 9.38. The van der Waals surface area contributed by atoms with E-state index in [0.717, 1.165) is 34.5 Å². The maximum atomic E-state index is 12.1. The SMILES string of the molecule is CCc1ccccc1NC(=O)CNC(=S)Nc1cc(C)cc(C)c1. The second-order valence-corrected chi connectivity index (χ2v) is 6.15. The zero-order valence-corrected chi connectivity index (χ0v) is 15.1. The molecular formula is C19H23N3OS. The van der Waals surface area contributed by atoms with Crippen molar-refractivity contribution in [3.63, 3.8) is 0 Å². The number of aryl methyl sites for hydroxylation is 3. The van der Waals surface area contributed by atoms with E-state index in [1.807, 2.05) is 50.2 Å².